The zero-order valence-electron chi connectivity index (χ0n) is 11.6. The van der Waals surface area contributed by atoms with E-state index in [0.717, 1.165) is 29.7 Å². The highest BCUT2D eigenvalue weighted by atomic mass is 32.1. The van der Waals surface area contributed by atoms with Crippen LogP contribution in [0.25, 0.3) is 10.2 Å². The summed E-state index contributed by atoms with van der Waals surface area (Å²) in [5.41, 5.74) is 5.36. The second kappa shape index (κ2) is 5.10. The maximum atomic E-state index is 5.83. The van der Waals surface area contributed by atoms with Crippen LogP contribution >= 0.6 is 11.3 Å². The normalized spacial score (nSPS) is 30.1. The second-order valence-corrected chi connectivity index (χ2v) is 7.41. The molecule has 4 heteroatoms. The highest BCUT2D eigenvalue weighted by Gasteiger charge is 2.40. The van der Waals surface area contributed by atoms with Crippen LogP contribution in [0.5, 0.6) is 0 Å². The molecule has 2 aromatic heterocycles. The van der Waals surface area contributed by atoms with E-state index >= 15 is 0 Å². The Hall–Kier alpha value is -0.970. The maximum Gasteiger partial charge on any atom is 0.0809 e. The summed E-state index contributed by atoms with van der Waals surface area (Å²) in [5, 5.41) is 2.10. The zero-order chi connectivity index (χ0) is 13.5. The molecule has 106 valence electrons. The molecule has 2 aromatic rings. The Morgan fingerprint density at radius 1 is 1.40 bits per heavy atom. The highest BCUT2D eigenvalue weighted by Crippen LogP contribution is 2.50. The van der Waals surface area contributed by atoms with Crippen LogP contribution in [0.3, 0.4) is 0 Å². The topological polar surface area (TPSA) is 50.9 Å². The number of rotatable bonds is 4. The van der Waals surface area contributed by atoms with Crippen molar-refractivity contribution in [3.05, 3.63) is 29.3 Å². The second-order valence-electron chi connectivity index (χ2n) is 6.46. The number of pyridine rings is 1. The number of hydrogen-bond donors (Lipinski definition) is 2. The molecule has 0 aliphatic heterocycles. The largest absolute Gasteiger partial charge is 0.271 e. The van der Waals surface area contributed by atoms with E-state index in [4.69, 9.17) is 5.84 Å². The summed E-state index contributed by atoms with van der Waals surface area (Å²) in [6, 6.07) is 4.58. The molecule has 2 bridgehead atoms. The number of aromatic nitrogens is 1. The Balaban J connectivity index is 1.54. The molecular weight excluding hydrogens is 266 g/mol. The van der Waals surface area contributed by atoms with Gasteiger partial charge in [0.2, 0.25) is 0 Å². The average Bonchev–Trinajstić information content (AvgIpc) is 3.19. The van der Waals surface area contributed by atoms with Gasteiger partial charge >= 0.3 is 0 Å². The highest BCUT2D eigenvalue weighted by molar-refractivity contribution is 7.17. The minimum Gasteiger partial charge on any atom is -0.271 e. The van der Waals surface area contributed by atoms with Gasteiger partial charge in [-0.25, -0.2) is 0 Å². The third kappa shape index (κ3) is 2.16. The average molecular weight is 287 g/mol. The molecule has 0 aromatic carbocycles. The van der Waals surface area contributed by atoms with Gasteiger partial charge in [-0.1, -0.05) is 6.42 Å². The van der Waals surface area contributed by atoms with E-state index < -0.39 is 0 Å². The summed E-state index contributed by atoms with van der Waals surface area (Å²) < 4.78 is 1.26. The van der Waals surface area contributed by atoms with E-state index in [0.29, 0.717) is 0 Å². The van der Waals surface area contributed by atoms with Crippen LogP contribution in [-0.2, 0) is 0 Å². The quantitative estimate of drug-likeness (QED) is 0.667. The Morgan fingerprint density at radius 2 is 2.35 bits per heavy atom. The molecule has 2 saturated carbocycles. The van der Waals surface area contributed by atoms with Crippen LogP contribution in [0.2, 0.25) is 0 Å². The third-order valence-corrected chi connectivity index (χ3v) is 6.20. The fourth-order valence-electron chi connectivity index (χ4n) is 4.32. The molecule has 4 atom stereocenters. The van der Waals surface area contributed by atoms with E-state index in [9.17, 15) is 0 Å². The van der Waals surface area contributed by atoms with E-state index in [1.807, 2.05) is 6.20 Å². The van der Waals surface area contributed by atoms with Crippen LogP contribution < -0.4 is 11.3 Å². The lowest BCUT2D eigenvalue weighted by Crippen LogP contribution is -2.30. The smallest absolute Gasteiger partial charge is 0.0809 e. The van der Waals surface area contributed by atoms with Gasteiger partial charge in [-0.15, -0.1) is 11.3 Å². The van der Waals surface area contributed by atoms with Crippen molar-refractivity contribution in [3.8, 4) is 0 Å². The lowest BCUT2D eigenvalue weighted by Gasteiger charge is -2.26. The van der Waals surface area contributed by atoms with Crippen LogP contribution in [0.4, 0.5) is 0 Å². The molecule has 2 aliphatic rings. The van der Waals surface area contributed by atoms with Gasteiger partial charge in [-0.3, -0.25) is 16.3 Å². The van der Waals surface area contributed by atoms with E-state index in [-0.39, 0.29) is 6.04 Å². The van der Waals surface area contributed by atoms with Crippen LogP contribution in [-0.4, -0.2) is 4.98 Å². The molecule has 0 saturated heterocycles. The summed E-state index contributed by atoms with van der Waals surface area (Å²) in [7, 11) is 0. The van der Waals surface area contributed by atoms with Crippen molar-refractivity contribution in [2.45, 2.75) is 38.1 Å². The predicted octanol–water partition coefficient (Wildman–Crippen LogP) is 3.63. The van der Waals surface area contributed by atoms with Crippen molar-refractivity contribution in [1.29, 1.82) is 0 Å². The number of hydrazine groups is 1. The lowest BCUT2D eigenvalue weighted by atomic mass is 9.83. The summed E-state index contributed by atoms with van der Waals surface area (Å²) in [4.78, 5) is 4.55. The van der Waals surface area contributed by atoms with Gasteiger partial charge in [0.1, 0.15) is 0 Å². The minimum absolute atomic E-state index is 0.248. The Labute approximate surface area is 123 Å². The molecule has 0 radical (unpaired) electrons. The van der Waals surface area contributed by atoms with Gasteiger partial charge in [0, 0.05) is 12.2 Å². The molecule has 4 unspecified atom stereocenters. The monoisotopic (exact) mass is 287 g/mol. The molecular formula is C16H21N3S. The van der Waals surface area contributed by atoms with E-state index in [2.05, 4.69) is 27.9 Å². The zero-order valence-corrected chi connectivity index (χ0v) is 12.4. The molecule has 2 aliphatic carbocycles. The number of nitrogens with zero attached hydrogens (tertiary/aromatic N) is 1. The van der Waals surface area contributed by atoms with Gasteiger partial charge in [0.05, 0.1) is 10.2 Å². The van der Waals surface area contributed by atoms with Gasteiger partial charge in [-0.05, 0) is 66.5 Å². The number of nitrogens with one attached hydrogen (secondary N) is 1. The van der Waals surface area contributed by atoms with Crippen molar-refractivity contribution in [3.63, 3.8) is 0 Å². The molecule has 4 rings (SSSR count). The molecule has 2 fully saturated rings. The molecule has 20 heavy (non-hydrogen) atoms. The van der Waals surface area contributed by atoms with Crippen molar-refractivity contribution in [2.24, 2.45) is 23.6 Å². The van der Waals surface area contributed by atoms with Crippen LogP contribution in [0.15, 0.2) is 23.7 Å². The number of thiophene rings is 1. The van der Waals surface area contributed by atoms with Gasteiger partial charge < -0.3 is 0 Å². The molecule has 3 N–H and O–H groups in total. The Bertz CT molecular complexity index is 609. The van der Waals surface area contributed by atoms with Crippen LogP contribution in [0, 0.1) is 17.8 Å². The first-order valence-corrected chi connectivity index (χ1v) is 8.50. The summed E-state index contributed by atoms with van der Waals surface area (Å²) in [6.07, 6.45) is 8.93. The lowest BCUT2D eigenvalue weighted by molar-refractivity contribution is 0.280. The molecule has 0 amide bonds. The predicted molar refractivity (Wildman–Crippen MR) is 83.2 cm³/mol. The first-order chi connectivity index (χ1) is 9.83. The fourth-order valence-corrected chi connectivity index (χ4v) is 5.11. The van der Waals surface area contributed by atoms with Crippen molar-refractivity contribution in [2.75, 3.05) is 0 Å². The molecule has 3 nitrogen and oxygen atoms in total. The standard InChI is InChI=1S/C16H21N3S/c17-19-15(7-12-6-10-1-2-11(12)5-10)13-8-16-14(18-9-13)3-4-20-16/h3-4,8-12,15,19H,1-2,5-7,17H2. The first kappa shape index (κ1) is 12.7. The summed E-state index contributed by atoms with van der Waals surface area (Å²) in [5.74, 6) is 8.64. The summed E-state index contributed by atoms with van der Waals surface area (Å²) >= 11 is 1.75. The van der Waals surface area contributed by atoms with Crippen molar-refractivity contribution >= 4 is 21.6 Å². The van der Waals surface area contributed by atoms with Gasteiger partial charge in [0.15, 0.2) is 0 Å². The third-order valence-electron chi connectivity index (χ3n) is 5.35. The Kier molecular flexibility index (Phi) is 3.25. The number of hydrogen-bond acceptors (Lipinski definition) is 4. The van der Waals surface area contributed by atoms with Gasteiger partial charge in [0.25, 0.3) is 0 Å². The van der Waals surface area contributed by atoms with Gasteiger partial charge in [-0.2, -0.15) is 0 Å². The van der Waals surface area contributed by atoms with E-state index in [1.165, 1.54) is 35.9 Å². The number of fused-ring (bicyclic) bond motifs is 3. The van der Waals surface area contributed by atoms with Crippen molar-refractivity contribution < 1.29 is 0 Å². The molecule has 2 heterocycles. The Morgan fingerprint density at radius 3 is 3.10 bits per heavy atom. The summed E-state index contributed by atoms with van der Waals surface area (Å²) in [6.45, 7) is 0. The SMILES string of the molecule is NNC(CC1CC2CCC1C2)c1cnc2ccsc2c1. The van der Waals surface area contributed by atoms with Crippen LogP contribution in [0.1, 0.15) is 43.7 Å². The van der Waals surface area contributed by atoms with E-state index in [1.54, 1.807) is 11.3 Å². The molecule has 0 spiro atoms. The number of nitrogens with two attached hydrogens (primary N) is 1. The minimum atomic E-state index is 0.248. The maximum absolute atomic E-state index is 5.83. The fraction of sp³-hybridized carbons (Fsp3) is 0.562. The van der Waals surface area contributed by atoms with Crippen molar-refractivity contribution in [1.82, 2.24) is 10.4 Å². The first-order valence-electron chi connectivity index (χ1n) is 7.63.